The molecule has 0 bridgehead atoms. The minimum atomic E-state index is -0.0160. The second-order valence-corrected chi connectivity index (χ2v) is 7.08. The molecule has 1 fully saturated rings. The van der Waals surface area contributed by atoms with Crippen molar-refractivity contribution in [1.82, 2.24) is 10.6 Å². The first-order valence-corrected chi connectivity index (χ1v) is 8.14. The van der Waals surface area contributed by atoms with E-state index in [1.54, 1.807) is 13.2 Å². The predicted molar refractivity (Wildman–Crippen MR) is 81.1 cm³/mol. The number of rotatable bonds is 5. The van der Waals surface area contributed by atoms with Crippen LogP contribution in [-0.4, -0.2) is 32.7 Å². The zero-order chi connectivity index (χ0) is 13.7. The molecule has 106 valence electrons. The number of amides is 1. The molecule has 2 heterocycles. The van der Waals surface area contributed by atoms with Gasteiger partial charge in [0.2, 0.25) is 0 Å². The van der Waals surface area contributed by atoms with Crippen molar-refractivity contribution in [2.45, 2.75) is 19.3 Å². The molecule has 2 rings (SSSR count). The first-order valence-electron chi connectivity index (χ1n) is 6.53. The minimum absolute atomic E-state index is 0.0160. The van der Waals surface area contributed by atoms with Crippen LogP contribution in [0.2, 0.25) is 0 Å². The predicted octanol–water partition coefficient (Wildman–Crippen LogP) is 2.64. The second-order valence-electron chi connectivity index (χ2n) is 4.71. The van der Waals surface area contributed by atoms with Crippen molar-refractivity contribution in [2.75, 3.05) is 26.7 Å². The molecule has 1 aromatic rings. The van der Waals surface area contributed by atoms with Gasteiger partial charge in [0.25, 0.3) is 5.91 Å². The van der Waals surface area contributed by atoms with Crippen molar-refractivity contribution in [3.8, 4) is 5.75 Å². The van der Waals surface area contributed by atoms with Crippen LogP contribution in [0.25, 0.3) is 0 Å². The van der Waals surface area contributed by atoms with Crippen LogP contribution in [0.5, 0.6) is 5.75 Å². The number of halogens is 1. The highest BCUT2D eigenvalue weighted by Crippen LogP contribution is 2.34. The number of carbonyl (C=O) groups excluding carboxylic acids is 1. The van der Waals surface area contributed by atoms with E-state index in [0.29, 0.717) is 16.5 Å². The highest BCUT2D eigenvalue weighted by molar-refractivity contribution is 9.11. The first kappa shape index (κ1) is 14.8. The lowest BCUT2D eigenvalue weighted by Gasteiger charge is -2.22. The summed E-state index contributed by atoms with van der Waals surface area (Å²) in [6.45, 7) is 2.95. The van der Waals surface area contributed by atoms with Crippen LogP contribution in [0, 0.1) is 5.92 Å². The fourth-order valence-corrected chi connectivity index (χ4v) is 3.82. The van der Waals surface area contributed by atoms with Crippen molar-refractivity contribution >= 4 is 33.2 Å². The fourth-order valence-electron chi connectivity index (χ4n) is 2.25. The van der Waals surface area contributed by atoms with Crippen molar-refractivity contribution in [3.05, 3.63) is 14.7 Å². The standard InChI is InChI=1S/C13H19BrN2O2S/c1-18-10-7-11(19-12(10)14)13(17)16-6-4-9-3-2-5-15-8-9/h7,9,15H,2-6,8H2,1H3,(H,16,17). The number of ether oxygens (including phenoxy) is 1. The summed E-state index contributed by atoms with van der Waals surface area (Å²) in [4.78, 5) is 12.7. The molecular weight excluding hydrogens is 328 g/mol. The number of hydrogen-bond donors (Lipinski definition) is 2. The average molecular weight is 347 g/mol. The third-order valence-electron chi connectivity index (χ3n) is 3.34. The van der Waals surface area contributed by atoms with Gasteiger partial charge >= 0.3 is 0 Å². The molecule has 1 unspecified atom stereocenters. The molecule has 6 heteroatoms. The van der Waals surface area contributed by atoms with Crippen LogP contribution >= 0.6 is 27.3 Å². The monoisotopic (exact) mass is 346 g/mol. The smallest absolute Gasteiger partial charge is 0.261 e. The summed E-state index contributed by atoms with van der Waals surface area (Å²) in [5.74, 6) is 1.39. The summed E-state index contributed by atoms with van der Waals surface area (Å²) in [6.07, 6.45) is 3.55. The Labute approximate surface area is 126 Å². The third kappa shape index (κ3) is 4.19. The van der Waals surface area contributed by atoms with E-state index in [4.69, 9.17) is 4.74 Å². The molecule has 2 N–H and O–H groups in total. The molecule has 0 radical (unpaired) electrons. The highest BCUT2D eigenvalue weighted by atomic mass is 79.9. The average Bonchev–Trinajstić information content (AvgIpc) is 2.81. The molecular formula is C13H19BrN2O2S. The van der Waals surface area contributed by atoms with Gasteiger partial charge < -0.3 is 15.4 Å². The summed E-state index contributed by atoms with van der Waals surface area (Å²) in [5, 5.41) is 6.37. The summed E-state index contributed by atoms with van der Waals surface area (Å²) in [5.41, 5.74) is 0. The number of piperidine rings is 1. The largest absolute Gasteiger partial charge is 0.495 e. The quantitative estimate of drug-likeness (QED) is 0.861. The lowest BCUT2D eigenvalue weighted by atomic mass is 9.96. The number of hydrogen-bond acceptors (Lipinski definition) is 4. The maximum atomic E-state index is 12.0. The van der Waals surface area contributed by atoms with Gasteiger partial charge in [-0.1, -0.05) is 0 Å². The van der Waals surface area contributed by atoms with E-state index in [9.17, 15) is 4.79 Å². The maximum absolute atomic E-state index is 12.0. The molecule has 0 spiro atoms. The van der Waals surface area contributed by atoms with Gasteiger partial charge in [0.05, 0.1) is 12.0 Å². The Hall–Kier alpha value is -0.590. The fraction of sp³-hybridized carbons (Fsp3) is 0.615. The Bertz CT molecular complexity index is 430. The van der Waals surface area contributed by atoms with Crippen molar-refractivity contribution in [1.29, 1.82) is 0 Å². The topological polar surface area (TPSA) is 50.4 Å². The number of methoxy groups -OCH3 is 1. The van der Waals surface area contributed by atoms with Crippen molar-refractivity contribution < 1.29 is 9.53 Å². The summed E-state index contributed by atoms with van der Waals surface area (Å²) >= 11 is 4.78. The Morgan fingerprint density at radius 2 is 2.53 bits per heavy atom. The van der Waals surface area contributed by atoms with Crippen LogP contribution in [0.4, 0.5) is 0 Å². The lowest BCUT2D eigenvalue weighted by molar-refractivity contribution is 0.0954. The highest BCUT2D eigenvalue weighted by Gasteiger charge is 2.15. The minimum Gasteiger partial charge on any atom is -0.495 e. The second kappa shape index (κ2) is 7.26. The van der Waals surface area contributed by atoms with Crippen LogP contribution in [0.15, 0.2) is 9.85 Å². The number of carbonyl (C=O) groups is 1. The van der Waals surface area contributed by atoms with Gasteiger partial charge in [0.15, 0.2) is 0 Å². The van der Waals surface area contributed by atoms with E-state index >= 15 is 0 Å². The first-order chi connectivity index (χ1) is 9.20. The van der Waals surface area contributed by atoms with Crippen molar-refractivity contribution in [2.24, 2.45) is 5.92 Å². The van der Waals surface area contributed by atoms with Gasteiger partial charge in [-0.15, -0.1) is 11.3 Å². The molecule has 1 aromatic heterocycles. The molecule has 1 aliphatic rings. The molecule has 0 saturated carbocycles. The normalized spacial score (nSPS) is 19.2. The molecule has 19 heavy (non-hydrogen) atoms. The van der Waals surface area contributed by atoms with Gasteiger partial charge in [-0.3, -0.25) is 4.79 Å². The van der Waals surface area contributed by atoms with E-state index in [2.05, 4.69) is 26.6 Å². The van der Waals surface area contributed by atoms with Gasteiger partial charge in [0.1, 0.15) is 9.54 Å². The molecule has 0 aromatic carbocycles. The molecule has 4 nitrogen and oxygen atoms in total. The molecule has 0 aliphatic carbocycles. The van der Waals surface area contributed by atoms with Gasteiger partial charge in [-0.25, -0.2) is 0 Å². The Kier molecular flexibility index (Phi) is 5.66. The van der Waals surface area contributed by atoms with Crippen molar-refractivity contribution in [3.63, 3.8) is 0 Å². The van der Waals surface area contributed by atoms with E-state index in [-0.39, 0.29) is 5.91 Å². The molecule has 1 atom stereocenters. The summed E-state index contributed by atoms with van der Waals surface area (Å²) in [7, 11) is 1.60. The summed E-state index contributed by atoms with van der Waals surface area (Å²) < 4.78 is 6.01. The SMILES string of the molecule is COc1cc(C(=O)NCCC2CCCNC2)sc1Br. The Balaban J connectivity index is 1.77. The summed E-state index contributed by atoms with van der Waals surface area (Å²) in [6, 6.07) is 1.77. The Morgan fingerprint density at radius 1 is 1.68 bits per heavy atom. The zero-order valence-corrected chi connectivity index (χ0v) is 13.4. The van der Waals surface area contributed by atoms with E-state index < -0.39 is 0 Å². The molecule has 1 saturated heterocycles. The van der Waals surface area contributed by atoms with Crippen LogP contribution in [0.3, 0.4) is 0 Å². The maximum Gasteiger partial charge on any atom is 0.261 e. The van der Waals surface area contributed by atoms with Crippen LogP contribution in [-0.2, 0) is 0 Å². The zero-order valence-electron chi connectivity index (χ0n) is 11.0. The van der Waals surface area contributed by atoms with Gasteiger partial charge in [-0.05, 0) is 54.2 Å². The van der Waals surface area contributed by atoms with E-state index in [1.165, 1.54) is 24.2 Å². The van der Waals surface area contributed by atoms with Gasteiger partial charge in [-0.2, -0.15) is 0 Å². The third-order valence-corrected chi connectivity index (χ3v) is 5.12. The van der Waals surface area contributed by atoms with Crippen LogP contribution < -0.4 is 15.4 Å². The Morgan fingerprint density at radius 3 is 3.16 bits per heavy atom. The lowest BCUT2D eigenvalue weighted by Crippen LogP contribution is -2.33. The number of nitrogens with one attached hydrogen (secondary N) is 2. The molecule has 1 aliphatic heterocycles. The van der Waals surface area contributed by atoms with E-state index in [0.717, 1.165) is 29.8 Å². The van der Waals surface area contributed by atoms with Crippen LogP contribution in [0.1, 0.15) is 28.9 Å². The van der Waals surface area contributed by atoms with Gasteiger partial charge in [0, 0.05) is 12.6 Å². The molecule has 1 amide bonds. The van der Waals surface area contributed by atoms with E-state index in [1.807, 2.05) is 0 Å². The number of thiophene rings is 1.